The molecule has 5 aliphatic carbocycles. The van der Waals surface area contributed by atoms with Crippen molar-refractivity contribution < 1.29 is 24.2 Å². The molecule has 0 radical (unpaired) electrons. The SMILES string of the molecule is COc1ccc(C23CCC(CN(C(=O)C4CCC(OC(=O)N5CC(CO)C5)CC4)c4cc(-c5cnc(C6CC6)s5)ccn4)(CC2)CC3)cc1C. The number of aromatic nitrogens is 2. The molecule has 50 heavy (non-hydrogen) atoms. The monoisotopic (exact) mass is 698 g/mol. The summed E-state index contributed by atoms with van der Waals surface area (Å²) in [4.78, 5) is 41.7. The third kappa shape index (κ3) is 6.54. The Morgan fingerprint density at radius 2 is 1.72 bits per heavy atom. The van der Waals surface area contributed by atoms with E-state index < -0.39 is 0 Å². The molecule has 9 nitrogen and oxygen atoms in total. The second-order valence-corrected chi connectivity index (χ2v) is 17.0. The Morgan fingerprint density at radius 3 is 2.38 bits per heavy atom. The topological polar surface area (TPSA) is 105 Å². The number of pyridine rings is 1. The molecule has 1 aromatic carbocycles. The lowest BCUT2D eigenvalue weighted by Gasteiger charge is -2.55. The second-order valence-electron chi connectivity index (χ2n) is 15.9. The number of carbonyl (C=O) groups excluding carboxylic acids is 2. The number of carbonyl (C=O) groups is 2. The number of ether oxygens (including phenoxy) is 2. The average Bonchev–Trinajstić information content (AvgIpc) is 3.86. The predicted octanol–water partition coefficient (Wildman–Crippen LogP) is 7.64. The number of aliphatic hydroxyl groups is 1. The lowest BCUT2D eigenvalue weighted by Crippen LogP contribution is -2.52. The van der Waals surface area contributed by atoms with E-state index in [0.29, 0.717) is 51.2 Å². The molecule has 2 bridgehead atoms. The zero-order valence-electron chi connectivity index (χ0n) is 29.4. The largest absolute Gasteiger partial charge is 0.496 e. The van der Waals surface area contributed by atoms with Crippen LogP contribution in [0.15, 0.2) is 42.7 Å². The fourth-order valence-electron chi connectivity index (χ4n) is 9.11. The molecule has 2 aromatic heterocycles. The smallest absolute Gasteiger partial charge is 0.410 e. The van der Waals surface area contributed by atoms with E-state index in [1.54, 1.807) is 23.3 Å². The first kappa shape index (κ1) is 33.6. The van der Waals surface area contributed by atoms with Crippen molar-refractivity contribution in [2.75, 3.05) is 38.3 Å². The number of rotatable bonds is 10. The van der Waals surface area contributed by atoms with E-state index in [1.165, 1.54) is 29.0 Å². The van der Waals surface area contributed by atoms with Crippen molar-refractivity contribution in [3.05, 3.63) is 58.9 Å². The van der Waals surface area contributed by atoms with Gasteiger partial charge in [0.1, 0.15) is 17.7 Å². The van der Waals surface area contributed by atoms with Gasteiger partial charge in [0.25, 0.3) is 0 Å². The van der Waals surface area contributed by atoms with Crippen LogP contribution in [0.25, 0.3) is 10.4 Å². The molecule has 3 aromatic rings. The number of amides is 2. The fraction of sp³-hybridized carbons (Fsp3) is 0.600. The van der Waals surface area contributed by atoms with Crippen molar-refractivity contribution in [1.29, 1.82) is 0 Å². The molecule has 0 unspecified atom stereocenters. The molecule has 2 amide bonds. The molecule has 266 valence electrons. The highest BCUT2D eigenvalue weighted by Gasteiger charge is 2.51. The first-order valence-corrected chi connectivity index (χ1v) is 19.5. The first-order chi connectivity index (χ1) is 24.3. The van der Waals surface area contributed by atoms with E-state index >= 15 is 0 Å². The maximum absolute atomic E-state index is 14.7. The number of methoxy groups -OCH3 is 1. The lowest BCUT2D eigenvalue weighted by atomic mass is 9.51. The number of nitrogens with zero attached hydrogens (tertiary/aromatic N) is 4. The van der Waals surface area contributed by atoms with E-state index in [4.69, 9.17) is 19.4 Å². The number of fused-ring (bicyclic) bond motifs is 3. The Balaban J connectivity index is 0.994. The lowest BCUT2D eigenvalue weighted by molar-refractivity contribution is -0.124. The first-order valence-electron chi connectivity index (χ1n) is 18.7. The number of likely N-dealkylation sites (tertiary alicyclic amines) is 1. The molecule has 9 rings (SSSR count). The summed E-state index contributed by atoms with van der Waals surface area (Å²) >= 11 is 1.77. The van der Waals surface area contributed by atoms with Crippen LogP contribution in [0.2, 0.25) is 0 Å². The van der Waals surface area contributed by atoms with Crippen LogP contribution in [0.1, 0.15) is 99.1 Å². The number of hydrogen-bond acceptors (Lipinski definition) is 8. The maximum Gasteiger partial charge on any atom is 0.410 e. The zero-order valence-corrected chi connectivity index (χ0v) is 30.3. The number of hydrogen-bond donors (Lipinski definition) is 1. The van der Waals surface area contributed by atoms with E-state index in [2.05, 4.69) is 31.2 Å². The Labute approximate surface area is 299 Å². The van der Waals surface area contributed by atoms with Crippen LogP contribution in [-0.4, -0.2) is 71.4 Å². The fourth-order valence-corrected chi connectivity index (χ4v) is 10.2. The van der Waals surface area contributed by atoms with Gasteiger partial charge >= 0.3 is 6.09 Å². The predicted molar refractivity (Wildman–Crippen MR) is 194 cm³/mol. The van der Waals surface area contributed by atoms with Gasteiger partial charge in [0.15, 0.2) is 0 Å². The van der Waals surface area contributed by atoms with Crippen LogP contribution >= 0.6 is 11.3 Å². The van der Waals surface area contributed by atoms with Crippen LogP contribution in [0.4, 0.5) is 10.6 Å². The summed E-state index contributed by atoms with van der Waals surface area (Å²) in [6, 6.07) is 10.9. The Morgan fingerprint density at radius 1 is 0.980 bits per heavy atom. The summed E-state index contributed by atoms with van der Waals surface area (Å²) in [5, 5.41) is 10.5. The molecule has 1 saturated heterocycles. The van der Waals surface area contributed by atoms with Crippen molar-refractivity contribution in [3.63, 3.8) is 0 Å². The number of thiazole rings is 1. The number of aryl methyl sites for hydroxylation is 1. The Bertz CT molecular complexity index is 1700. The van der Waals surface area contributed by atoms with Gasteiger partial charge in [-0.1, -0.05) is 12.1 Å². The Kier molecular flexibility index (Phi) is 9.12. The van der Waals surface area contributed by atoms with Crippen molar-refractivity contribution in [1.82, 2.24) is 14.9 Å². The third-order valence-corrected chi connectivity index (χ3v) is 13.9. The van der Waals surface area contributed by atoms with Gasteiger partial charge in [-0.05, 0) is 130 Å². The summed E-state index contributed by atoms with van der Waals surface area (Å²) < 4.78 is 11.4. The van der Waals surface area contributed by atoms with E-state index in [0.717, 1.165) is 60.5 Å². The van der Waals surface area contributed by atoms with Gasteiger partial charge in [0.05, 0.1) is 17.0 Å². The minimum Gasteiger partial charge on any atom is -0.496 e. The average molecular weight is 699 g/mol. The van der Waals surface area contributed by atoms with Gasteiger partial charge in [-0.3, -0.25) is 9.69 Å². The zero-order chi connectivity index (χ0) is 34.5. The van der Waals surface area contributed by atoms with E-state index in [1.807, 2.05) is 23.4 Å². The van der Waals surface area contributed by atoms with Gasteiger partial charge in [-0.25, -0.2) is 14.8 Å². The minimum absolute atomic E-state index is 0.0661. The summed E-state index contributed by atoms with van der Waals surface area (Å²) in [6.07, 6.45) is 15.2. The van der Waals surface area contributed by atoms with Crippen molar-refractivity contribution in [2.24, 2.45) is 17.3 Å². The van der Waals surface area contributed by atoms with Crippen LogP contribution < -0.4 is 9.64 Å². The molecule has 0 atom stereocenters. The molecular weight excluding hydrogens is 649 g/mol. The van der Waals surface area contributed by atoms with Crippen molar-refractivity contribution >= 4 is 29.2 Å². The standard InChI is InChI=1S/C40H50N4O5S/c1-26-19-31(7-10-33(26)48-2)40-15-12-39(13-16-40,14-17-40)25-44(35-20-30(11-18-41-35)34-21-42-36(50-34)28-3-4-28)37(46)29-5-8-32(9-6-29)49-38(47)43-22-27(23-43)24-45/h7,10-11,18-21,27-29,32,45H,3-6,8-9,12-17,22-25H2,1-2H3. The van der Waals surface area contributed by atoms with Crippen LogP contribution in [0.3, 0.4) is 0 Å². The molecule has 3 heterocycles. The van der Waals surface area contributed by atoms with Gasteiger partial charge < -0.3 is 19.5 Å². The number of anilines is 1. The second kappa shape index (κ2) is 13.6. The molecule has 1 aliphatic heterocycles. The maximum atomic E-state index is 14.7. The summed E-state index contributed by atoms with van der Waals surface area (Å²) in [5.41, 5.74) is 3.95. The highest BCUT2D eigenvalue weighted by molar-refractivity contribution is 7.15. The Hall–Kier alpha value is -3.50. The minimum atomic E-state index is -0.297. The molecular formula is C40H50N4O5S. The molecule has 1 N–H and O–H groups in total. The van der Waals surface area contributed by atoms with Gasteiger partial charge in [-0.15, -0.1) is 11.3 Å². The highest BCUT2D eigenvalue weighted by atomic mass is 32.1. The molecule has 5 saturated carbocycles. The van der Waals surface area contributed by atoms with Crippen LogP contribution in [0, 0.1) is 24.2 Å². The normalized spacial score (nSPS) is 27.9. The van der Waals surface area contributed by atoms with Crippen molar-refractivity contribution in [2.45, 2.75) is 101 Å². The summed E-state index contributed by atoms with van der Waals surface area (Å²) in [5.74, 6) is 2.46. The summed E-state index contributed by atoms with van der Waals surface area (Å²) in [6.45, 7) is 4.02. The van der Waals surface area contributed by atoms with E-state index in [9.17, 15) is 14.7 Å². The highest BCUT2D eigenvalue weighted by Crippen LogP contribution is 2.58. The van der Waals surface area contributed by atoms with Gasteiger partial charge in [-0.2, -0.15) is 0 Å². The number of benzene rings is 1. The molecule has 6 fully saturated rings. The van der Waals surface area contributed by atoms with Crippen LogP contribution in [0.5, 0.6) is 5.75 Å². The summed E-state index contributed by atoms with van der Waals surface area (Å²) in [7, 11) is 1.74. The molecule has 10 heteroatoms. The van der Waals surface area contributed by atoms with Crippen molar-refractivity contribution in [3.8, 4) is 16.2 Å². The third-order valence-electron chi connectivity index (χ3n) is 12.7. The van der Waals surface area contributed by atoms with Gasteiger partial charge in [0.2, 0.25) is 5.91 Å². The van der Waals surface area contributed by atoms with Crippen LogP contribution in [-0.2, 0) is 14.9 Å². The molecule has 0 spiro atoms. The molecule has 6 aliphatic rings. The van der Waals surface area contributed by atoms with Gasteiger partial charge in [0, 0.05) is 56.4 Å². The number of aliphatic hydroxyl groups excluding tert-OH is 1. The quantitative estimate of drug-likeness (QED) is 0.232. The van der Waals surface area contributed by atoms with E-state index in [-0.39, 0.29) is 47.4 Å².